The summed E-state index contributed by atoms with van der Waals surface area (Å²) in [5.74, 6) is 3.25. The van der Waals surface area contributed by atoms with Gasteiger partial charge in [-0.25, -0.2) is 9.97 Å². The zero-order valence-electron chi connectivity index (χ0n) is 16.1. The standard InChI is InChI=1S/C22H25N5O/c1-28-16-4-2-14(3-5-16)18-12-27(19-15-7-10-26(11-8-15)20(18)19)22-17-6-9-23-21(17)24-13-25-22/h2-6,9,13,15,18-20H,7-8,10-12H2,1H3,(H,23,24,25)/t18-,19+,20+/m0/s1. The van der Waals surface area contributed by atoms with Crippen LogP contribution < -0.4 is 9.64 Å². The number of H-pyrrole nitrogens is 1. The number of hydrogen-bond donors (Lipinski definition) is 1. The minimum absolute atomic E-state index is 0.489. The fourth-order valence-electron chi connectivity index (χ4n) is 5.90. The Hall–Kier alpha value is -2.60. The van der Waals surface area contributed by atoms with E-state index in [-0.39, 0.29) is 0 Å². The number of rotatable bonds is 3. The molecule has 7 rings (SSSR count). The summed E-state index contributed by atoms with van der Waals surface area (Å²) >= 11 is 0. The van der Waals surface area contributed by atoms with Crippen molar-refractivity contribution in [3.05, 3.63) is 48.4 Å². The summed E-state index contributed by atoms with van der Waals surface area (Å²) in [4.78, 5) is 17.7. The number of piperidine rings is 3. The number of ether oxygens (including phenoxy) is 1. The minimum Gasteiger partial charge on any atom is -0.497 e. The molecule has 0 aliphatic carbocycles. The molecule has 0 saturated carbocycles. The van der Waals surface area contributed by atoms with Crippen LogP contribution in [0.4, 0.5) is 5.82 Å². The van der Waals surface area contributed by atoms with E-state index < -0.39 is 0 Å². The average molecular weight is 375 g/mol. The van der Waals surface area contributed by atoms with Crippen molar-refractivity contribution < 1.29 is 4.74 Å². The highest BCUT2D eigenvalue weighted by atomic mass is 16.5. The number of nitrogens with one attached hydrogen (secondary N) is 1. The van der Waals surface area contributed by atoms with Crippen LogP contribution in [-0.4, -0.2) is 58.7 Å². The lowest BCUT2D eigenvalue weighted by molar-refractivity contribution is 0.0355. The predicted molar refractivity (Wildman–Crippen MR) is 109 cm³/mol. The third-order valence-corrected chi connectivity index (χ3v) is 7.14. The van der Waals surface area contributed by atoms with E-state index in [2.05, 4.69) is 50.1 Å². The van der Waals surface area contributed by atoms with E-state index in [9.17, 15) is 0 Å². The van der Waals surface area contributed by atoms with Gasteiger partial charge in [-0.05, 0) is 55.6 Å². The molecule has 144 valence electrons. The van der Waals surface area contributed by atoms with Gasteiger partial charge in [0.1, 0.15) is 23.5 Å². The molecule has 0 radical (unpaired) electrons. The molecular formula is C22H25N5O. The van der Waals surface area contributed by atoms with Gasteiger partial charge in [0.05, 0.1) is 12.5 Å². The molecule has 3 aromatic rings. The van der Waals surface area contributed by atoms with E-state index in [4.69, 9.17) is 9.72 Å². The molecule has 6 heterocycles. The Balaban J connectivity index is 1.45. The van der Waals surface area contributed by atoms with Crippen LogP contribution in [0.2, 0.25) is 0 Å². The van der Waals surface area contributed by atoms with Crippen LogP contribution in [0.3, 0.4) is 0 Å². The Bertz CT molecular complexity index is 992. The second kappa shape index (κ2) is 6.21. The van der Waals surface area contributed by atoms with Gasteiger partial charge in [-0.2, -0.15) is 0 Å². The molecule has 4 fully saturated rings. The fourth-order valence-corrected chi connectivity index (χ4v) is 5.90. The second-order valence-electron chi connectivity index (χ2n) is 8.32. The molecule has 3 atom stereocenters. The highest BCUT2D eigenvalue weighted by molar-refractivity contribution is 5.87. The largest absolute Gasteiger partial charge is 0.497 e. The van der Waals surface area contributed by atoms with Gasteiger partial charge < -0.3 is 14.6 Å². The highest BCUT2D eigenvalue weighted by Crippen LogP contribution is 2.48. The lowest BCUT2D eigenvalue weighted by Crippen LogP contribution is -2.60. The third kappa shape index (κ3) is 2.30. The van der Waals surface area contributed by atoms with Gasteiger partial charge in [0.25, 0.3) is 0 Å². The molecule has 0 amide bonds. The number of fused-ring (bicyclic) bond motifs is 3. The molecule has 6 nitrogen and oxygen atoms in total. The number of anilines is 1. The fraction of sp³-hybridized carbons (Fsp3) is 0.455. The van der Waals surface area contributed by atoms with E-state index in [1.54, 1.807) is 13.4 Å². The van der Waals surface area contributed by atoms with Crippen LogP contribution in [0.5, 0.6) is 5.75 Å². The summed E-state index contributed by atoms with van der Waals surface area (Å²) in [6, 6.07) is 11.9. The van der Waals surface area contributed by atoms with Gasteiger partial charge in [-0.15, -0.1) is 0 Å². The Labute approximate surface area is 164 Å². The lowest BCUT2D eigenvalue weighted by atomic mass is 9.75. The molecule has 4 saturated heterocycles. The normalized spacial score (nSPS) is 31.3. The van der Waals surface area contributed by atoms with Crippen molar-refractivity contribution in [3.8, 4) is 5.75 Å². The SMILES string of the molecule is COc1ccc([C@@H]2CN(c3ncnc4[nH]ccc34)[C@@H]3C4CCN(CC4)[C@@H]32)cc1. The van der Waals surface area contributed by atoms with Gasteiger partial charge in [0.2, 0.25) is 0 Å². The van der Waals surface area contributed by atoms with Gasteiger partial charge >= 0.3 is 0 Å². The van der Waals surface area contributed by atoms with Crippen molar-refractivity contribution >= 4 is 16.9 Å². The number of methoxy groups -OCH3 is 1. The van der Waals surface area contributed by atoms with Crippen LogP contribution in [0.15, 0.2) is 42.9 Å². The molecule has 0 spiro atoms. The van der Waals surface area contributed by atoms with Crippen LogP contribution >= 0.6 is 0 Å². The Morgan fingerprint density at radius 1 is 1.04 bits per heavy atom. The van der Waals surface area contributed by atoms with E-state index >= 15 is 0 Å². The maximum Gasteiger partial charge on any atom is 0.142 e. The molecule has 1 N–H and O–H groups in total. The molecule has 28 heavy (non-hydrogen) atoms. The maximum absolute atomic E-state index is 5.38. The topological polar surface area (TPSA) is 57.3 Å². The van der Waals surface area contributed by atoms with Gasteiger partial charge in [0.15, 0.2) is 0 Å². The third-order valence-electron chi connectivity index (χ3n) is 7.14. The first-order chi connectivity index (χ1) is 13.8. The first kappa shape index (κ1) is 16.4. The summed E-state index contributed by atoms with van der Waals surface area (Å²) in [5.41, 5.74) is 2.33. The number of aromatic amines is 1. The lowest BCUT2D eigenvalue weighted by Gasteiger charge is -2.51. The van der Waals surface area contributed by atoms with E-state index in [0.717, 1.165) is 35.1 Å². The average Bonchev–Trinajstić information content (AvgIpc) is 3.41. The second-order valence-corrected chi connectivity index (χ2v) is 8.32. The quantitative estimate of drug-likeness (QED) is 0.763. The molecule has 1 aromatic carbocycles. The Morgan fingerprint density at radius 2 is 1.86 bits per heavy atom. The van der Waals surface area contributed by atoms with Gasteiger partial charge in [-0.3, -0.25) is 4.90 Å². The van der Waals surface area contributed by atoms with Crippen molar-refractivity contribution in [2.24, 2.45) is 5.92 Å². The van der Waals surface area contributed by atoms with E-state index in [1.165, 1.54) is 31.5 Å². The van der Waals surface area contributed by atoms with Crippen molar-refractivity contribution in [1.82, 2.24) is 19.9 Å². The van der Waals surface area contributed by atoms with Crippen molar-refractivity contribution in [3.63, 3.8) is 0 Å². The molecular weight excluding hydrogens is 350 g/mol. The summed E-state index contributed by atoms with van der Waals surface area (Å²) < 4.78 is 5.38. The molecule has 2 aromatic heterocycles. The molecule has 4 aliphatic rings. The monoisotopic (exact) mass is 375 g/mol. The van der Waals surface area contributed by atoms with Crippen LogP contribution in [-0.2, 0) is 0 Å². The van der Waals surface area contributed by atoms with Crippen LogP contribution in [0.1, 0.15) is 24.3 Å². The van der Waals surface area contributed by atoms with Gasteiger partial charge in [0, 0.05) is 30.7 Å². The van der Waals surface area contributed by atoms with E-state index in [1.807, 2.05) is 6.20 Å². The van der Waals surface area contributed by atoms with Gasteiger partial charge in [-0.1, -0.05) is 12.1 Å². The zero-order chi connectivity index (χ0) is 18.7. The summed E-state index contributed by atoms with van der Waals surface area (Å²) in [6.07, 6.45) is 6.27. The number of benzene rings is 1. The summed E-state index contributed by atoms with van der Waals surface area (Å²) in [5, 5.41) is 1.13. The number of hydrogen-bond acceptors (Lipinski definition) is 5. The molecule has 2 bridgehead atoms. The number of aromatic nitrogens is 3. The summed E-state index contributed by atoms with van der Waals surface area (Å²) in [7, 11) is 1.73. The first-order valence-corrected chi connectivity index (χ1v) is 10.3. The van der Waals surface area contributed by atoms with Crippen LogP contribution in [0, 0.1) is 5.92 Å². The zero-order valence-corrected chi connectivity index (χ0v) is 16.1. The Morgan fingerprint density at radius 3 is 2.64 bits per heavy atom. The molecule has 6 heteroatoms. The van der Waals surface area contributed by atoms with Crippen molar-refractivity contribution in [2.75, 3.05) is 31.6 Å². The highest BCUT2D eigenvalue weighted by Gasteiger charge is 2.53. The summed E-state index contributed by atoms with van der Waals surface area (Å²) in [6.45, 7) is 3.47. The maximum atomic E-state index is 5.38. The van der Waals surface area contributed by atoms with Crippen molar-refractivity contribution in [2.45, 2.75) is 30.8 Å². The Kier molecular flexibility index (Phi) is 3.63. The smallest absolute Gasteiger partial charge is 0.142 e. The first-order valence-electron chi connectivity index (χ1n) is 10.3. The number of nitrogens with zero attached hydrogens (tertiary/aromatic N) is 4. The molecule has 0 unspecified atom stereocenters. The van der Waals surface area contributed by atoms with Crippen molar-refractivity contribution in [1.29, 1.82) is 0 Å². The van der Waals surface area contributed by atoms with Crippen LogP contribution in [0.25, 0.3) is 11.0 Å². The molecule has 4 aliphatic heterocycles. The van der Waals surface area contributed by atoms with E-state index in [0.29, 0.717) is 18.0 Å². The predicted octanol–water partition coefficient (Wildman–Crippen LogP) is 3.03. The minimum atomic E-state index is 0.489.